The molecule has 0 saturated carbocycles. The summed E-state index contributed by atoms with van der Waals surface area (Å²) in [6.45, 7) is 13.9. The van der Waals surface area contributed by atoms with E-state index < -0.39 is 32.2 Å². The van der Waals surface area contributed by atoms with E-state index in [0.717, 1.165) is 33.9 Å². The molecule has 238 valence electrons. The fourth-order valence-corrected chi connectivity index (χ4v) is 8.01. The number of anilines is 1. The number of aromatic nitrogens is 1. The quantitative estimate of drug-likeness (QED) is 0.403. The van der Waals surface area contributed by atoms with Crippen molar-refractivity contribution < 1.29 is 26.4 Å². The number of piperidine rings is 1. The van der Waals surface area contributed by atoms with Gasteiger partial charge in [-0.2, -0.15) is 12.7 Å². The fourth-order valence-electron chi connectivity index (χ4n) is 5.99. The normalized spacial score (nSPS) is 21.3. The second kappa shape index (κ2) is 12.7. The van der Waals surface area contributed by atoms with Crippen molar-refractivity contribution in [2.45, 2.75) is 72.4 Å². The van der Waals surface area contributed by atoms with Gasteiger partial charge in [-0.3, -0.25) is 4.79 Å². The zero-order valence-electron chi connectivity index (χ0n) is 26.2. The number of benzene rings is 1. The highest BCUT2D eigenvalue weighted by Gasteiger charge is 2.40. The first-order valence-electron chi connectivity index (χ1n) is 14.8. The molecule has 43 heavy (non-hydrogen) atoms. The van der Waals surface area contributed by atoms with E-state index >= 15 is 0 Å². The van der Waals surface area contributed by atoms with Gasteiger partial charge in [0.15, 0.2) is 0 Å². The van der Waals surface area contributed by atoms with Crippen molar-refractivity contribution in [2.75, 3.05) is 37.4 Å². The molecule has 2 atom stereocenters. The fraction of sp³-hybridized carbons (Fsp3) is 0.600. The summed E-state index contributed by atoms with van der Waals surface area (Å²) in [7, 11) is -7.76. The van der Waals surface area contributed by atoms with Gasteiger partial charge in [-0.1, -0.05) is 20.8 Å². The number of hydrogen-bond acceptors (Lipinski definition) is 8. The molecule has 2 aromatic rings. The molecule has 2 unspecified atom stereocenters. The molecule has 13 heteroatoms. The van der Waals surface area contributed by atoms with Crippen molar-refractivity contribution in [2.24, 2.45) is 11.8 Å². The Balaban J connectivity index is 1.68. The Morgan fingerprint density at radius 1 is 1.14 bits per heavy atom. The standard InChI is InChI=1S/C30H45N5O6S2/c1-20(2)19-41-25-14-21(3)13-23(15-25)27-11-10-26(28(31-27)35-17-22(4)16-30(35,5)6)29(36)33-43(39,40)34-12-8-9-24(18-34)32-42(7,37)38/h10-11,13-15,20,22,24,32H,8-9,12,16-19H2,1-7H3,(H,33,36). The van der Waals surface area contributed by atoms with Crippen molar-refractivity contribution >= 4 is 32.0 Å². The van der Waals surface area contributed by atoms with Crippen molar-refractivity contribution in [3.05, 3.63) is 41.5 Å². The van der Waals surface area contributed by atoms with Gasteiger partial charge in [-0.05, 0) is 87.8 Å². The van der Waals surface area contributed by atoms with E-state index in [-0.39, 0.29) is 24.2 Å². The number of pyridine rings is 1. The largest absolute Gasteiger partial charge is 0.493 e. The molecule has 2 N–H and O–H groups in total. The minimum absolute atomic E-state index is 0.0645. The lowest BCUT2D eigenvalue weighted by Crippen LogP contribution is -2.53. The molecule has 1 amide bonds. The predicted octanol–water partition coefficient (Wildman–Crippen LogP) is 3.70. The van der Waals surface area contributed by atoms with Crippen LogP contribution in [-0.2, 0) is 20.2 Å². The molecule has 11 nitrogen and oxygen atoms in total. The van der Waals surface area contributed by atoms with Crippen LogP contribution in [0, 0.1) is 18.8 Å². The highest BCUT2D eigenvalue weighted by molar-refractivity contribution is 7.88. The van der Waals surface area contributed by atoms with Gasteiger partial charge in [0.05, 0.1) is 24.1 Å². The second-order valence-corrected chi connectivity index (χ2v) is 16.5. The molecule has 0 radical (unpaired) electrons. The second-order valence-electron chi connectivity index (χ2n) is 13.1. The number of sulfonamides is 1. The van der Waals surface area contributed by atoms with Gasteiger partial charge in [-0.25, -0.2) is 22.8 Å². The van der Waals surface area contributed by atoms with E-state index in [1.807, 2.05) is 25.1 Å². The smallest absolute Gasteiger partial charge is 0.304 e. The first kappa shape index (κ1) is 33.2. The van der Waals surface area contributed by atoms with E-state index in [9.17, 15) is 21.6 Å². The Hall–Kier alpha value is -2.74. The average molecular weight is 636 g/mol. The molecule has 0 bridgehead atoms. The van der Waals surface area contributed by atoms with Gasteiger partial charge in [0.1, 0.15) is 11.6 Å². The molecule has 2 aliphatic rings. The monoisotopic (exact) mass is 635 g/mol. The number of amides is 1. The van der Waals surface area contributed by atoms with Gasteiger partial charge in [0.2, 0.25) is 10.0 Å². The van der Waals surface area contributed by atoms with E-state index in [1.54, 1.807) is 12.1 Å². The average Bonchev–Trinajstić information content (AvgIpc) is 3.17. The molecule has 2 aliphatic heterocycles. The Morgan fingerprint density at radius 3 is 2.49 bits per heavy atom. The topological polar surface area (TPSA) is 138 Å². The van der Waals surface area contributed by atoms with E-state index in [0.29, 0.717) is 49.3 Å². The third-order valence-corrected chi connectivity index (χ3v) is 9.92. The van der Waals surface area contributed by atoms with Gasteiger partial charge < -0.3 is 9.64 Å². The number of nitrogens with one attached hydrogen (secondary N) is 2. The van der Waals surface area contributed by atoms with E-state index in [1.165, 1.54) is 0 Å². The van der Waals surface area contributed by atoms with Gasteiger partial charge in [-0.15, -0.1) is 0 Å². The molecule has 1 aromatic heterocycles. The van der Waals surface area contributed by atoms with Crippen LogP contribution in [0.5, 0.6) is 5.75 Å². The lowest BCUT2D eigenvalue weighted by molar-refractivity contribution is 0.0978. The summed E-state index contributed by atoms with van der Waals surface area (Å²) in [6.07, 6.45) is 2.90. The zero-order valence-corrected chi connectivity index (χ0v) is 27.8. The minimum Gasteiger partial charge on any atom is -0.493 e. The van der Waals surface area contributed by atoms with Crippen LogP contribution < -0.4 is 19.1 Å². The molecule has 2 fully saturated rings. The maximum atomic E-state index is 13.7. The summed E-state index contributed by atoms with van der Waals surface area (Å²) < 4.78 is 61.9. The Morgan fingerprint density at radius 2 is 1.86 bits per heavy atom. The number of ether oxygens (including phenoxy) is 1. The summed E-state index contributed by atoms with van der Waals surface area (Å²) in [5.74, 6) is 1.09. The molecule has 1 aromatic carbocycles. The first-order valence-corrected chi connectivity index (χ1v) is 18.1. The Kier molecular flexibility index (Phi) is 9.80. The maximum Gasteiger partial charge on any atom is 0.304 e. The van der Waals surface area contributed by atoms with Gasteiger partial charge >= 0.3 is 10.2 Å². The number of nitrogens with zero attached hydrogens (tertiary/aromatic N) is 3. The Bertz CT molecular complexity index is 1560. The molecular formula is C30H45N5O6S2. The van der Waals surface area contributed by atoms with Crippen LogP contribution in [0.4, 0.5) is 5.82 Å². The summed E-state index contributed by atoms with van der Waals surface area (Å²) in [6, 6.07) is 8.70. The first-order chi connectivity index (χ1) is 19.9. The molecule has 0 spiro atoms. The van der Waals surface area contributed by atoms with Gasteiger partial charge in [0, 0.05) is 36.8 Å². The summed E-state index contributed by atoms with van der Waals surface area (Å²) in [5.41, 5.74) is 2.33. The number of rotatable bonds is 10. The molecule has 2 saturated heterocycles. The summed E-state index contributed by atoms with van der Waals surface area (Å²) in [4.78, 5) is 20.7. The van der Waals surface area contributed by atoms with Gasteiger partial charge in [0.25, 0.3) is 5.91 Å². The third-order valence-electron chi connectivity index (χ3n) is 7.70. The molecule has 4 rings (SSSR count). The van der Waals surface area contributed by atoms with Crippen LogP contribution in [0.15, 0.2) is 30.3 Å². The van der Waals surface area contributed by atoms with Crippen LogP contribution >= 0.6 is 0 Å². The highest BCUT2D eigenvalue weighted by atomic mass is 32.2. The molecule has 3 heterocycles. The summed E-state index contributed by atoms with van der Waals surface area (Å²) in [5, 5.41) is 0. The van der Waals surface area contributed by atoms with Crippen LogP contribution in [0.25, 0.3) is 11.3 Å². The van der Waals surface area contributed by atoms with Crippen molar-refractivity contribution in [1.82, 2.24) is 18.7 Å². The van der Waals surface area contributed by atoms with Crippen molar-refractivity contribution in [3.8, 4) is 17.0 Å². The molecular weight excluding hydrogens is 590 g/mol. The van der Waals surface area contributed by atoms with Crippen LogP contribution in [0.3, 0.4) is 0 Å². The van der Waals surface area contributed by atoms with Crippen molar-refractivity contribution in [3.63, 3.8) is 0 Å². The third kappa shape index (κ3) is 8.46. The van der Waals surface area contributed by atoms with Crippen LogP contribution in [0.1, 0.15) is 69.8 Å². The van der Waals surface area contributed by atoms with E-state index in [2.05, 4.69) is 49.0 Å². The number of hydrogen-bond donors (Lipinski definition) is 2. The lowest BCUT2D eigenvalue weighted by Gasteiger charge is -2.34. The highest BCUT2D eigenvalue weighted by Crippen LogP contribution is 2.38. The van der Waals surface area contributed by atoms with Crippen LogP contribution in [0.2, 0.25) is 0 Å². The number of aryl methyl sites for hydroxylation is 1. The predicted molar refractivity (Wildman–Crippen MR) is 169 cm³/mol. The number of carbonyl (C=O) groups is 1. The van der Waals surface area contributed by atoms with Crippen LogP contribution in [-0.4, -0.2) is 76.1 Å². The molecule has 0 aliphatic carbocycles. The zero-order chi connectivity index (χ0) is 31.7. The SMILES string of the molecule is Cc1cc(OCC(C)C)cc(-c2ccc(C(=O)NS(=O)(=O)N3CCCC(NS(C)(=O)=O)C3)c(N3CC(C)CC3(C)C)n2)c1. The number of carbonyl (C=O) groups excluding carboxylic acids is 1. The maximum absolute atomic E-state index is 13.7. The minimum atomic E-state index is -4.25. The summed E-state index contributed by atoms with van der Waals surface area (Å²) >= 11 is 0. The van der Waals surface area contributed by atoms with E-state index in [4.69, 9.17) is 9.72 Å². The Labute approximate surface area is 256 Å². The van der Waals surface area contributed by atoms with Crippen molar-refractivity contribution in [1.29, 1.82) is 0 Å². The lowest BCUT2D eigenvalue weighted by atomic mass is 9.97.